The number of β-amino-alcohol motifs (C(OH)–C–C–N with tert-alkyl or cyclic N) is 1. The van der Waals surface area contributed by atoms with Crippen molar-refractivity contribution in [3.8, 4) is 0 Å². The van der Waals surface area contributed by atoms with Crippen LogP contribution >= 0.6 is 0 Å². The summed E-state index contributed by atoms with van der Waals surface area (Å²) >= 11 is 0. The highest BCUT2D eigenvalue weighted by atomic mass is 16.3. The van der Waals surface area contributed by atoms with E-state index >= 15 is 0 Å². The number of rotatable bonds is 5. The van der Waals surface area contributed by atoms with E-state index in [4.69, 9.17) is 0 Å². The number of benzene rings is 2. The lowest BCUT2D eigenvalue weighted by Crippen LogP contribution is -2.48. The number of fused-ring (bicyclic) bond motifs is 4. The van der Waals surface area contributed by atoms with E-state index in [9.17, 15) is 10.2 Å². The van der Waals surface area contributed by atoms with Crippen molar-refractivity contribution in [3.05, 3.63) is 72.8 Å². The van der Waals surface area contributed by atoms with Gasteiger partial charge in [-0.15, -0.1) is 0 Å². The summed E-state index contributed by atoms with van der Waals surface area (Å²) in [5.41, 5.74) is 3.19. The third-order valence-electron chi connectivity index (χ3n) is 5.88. The highest BCUT2D eigenvalue weighted by molar-refractivity contribution is 6.08. The summed E-state index contributed by atoms with van der Waals surface area (Å²) in [6, 6.07) is 16.6. The molecular formula is C24H25N3O2. The monoisotopic (exact) mass is 387 g/mol. The summed E-state index contributed by atoms with van der Waals surface area (Å²) in [6.07, 6.45) is 6.50. The van der Waals surface area contributed by atoms with Crippen LogP contribution in [-0.2, 0) is 6.54 Å². The molecule has 2 heterocycles. The van der Waals surface area contributed by atoms with E-state index in [2.05, 4.69) is 56.9 Å². The lowest BCUT2D eigenvalue weighted by molar-refractivity contribution is 0.0338. The molecule has 2 N–H and O–H groups in total. The van der Waals surface area contributed by atoms with Crippen LogP contribution in [0.2, 0.25) is 0 Å². The maximum absolute atomic E-state index is 11.1. The van der Waals surface area contributed by atoms with Crippen molar-refractivity contribution in [1.82, 2.24) is 9.47 Å². The second-order valence-corrected chi connectivity index (χ2v) is 7.89. The smallest absolute Gasteiger partial charge is 0.129 e. The van der Waals surface area contributed by atoms with Crippen LogP contribution < -0.4 is 0 Å². The second kappa shape index (κ2) is 7.26. The molecule has 0 radical (unpaired) electrons. The predicted octanol–water partition coefficient (Wildman–Crippen LogP) is 3.11. The number of para-hydroxylation sites is 2. The third-order valence-corrected chi connectivity index (χ3v) is 5.88. The van der Waals surface area contributed by atoms with Crippen LogP contribution in [0.5, 0.6) is 0 Å². The third kappa shape index (κ3) is 3.12. The van der Waals surface area contributed by atoms with Gasteiger partial charge in [-0.3, -0.25) is 9.89 Å². The molecule has 5 rings (SSSR count). The van der Waals surface area contributed by atoms with Crippen LogP contribution in [0.1, 0.15) is 6.92 Å². The molecule has 0 spiro atoms. The number of hydrogen-bond acceptors (Lipinski definition) is 4. The molecule has 2 aromatic carbocycles. The predicted molar refractivity (Wildman–Crippen MR) is 117 cm³/mol. The van der Waals surface area contributed by atoms with E-state index in [1.165, 1.54) is 10.8 Å². The first-order valence-electron chi connectivity index (χ1n) is 10.1. The highest BCUT2D eigenvalue weighted by Gasteiger charge is 2.37. The molecule has 0 bridgehead atoms. The Morgan fingerprint density at radius 2 is 1.59 bits per heavy atom. The molecule has 0 fully saturated rings. The van der Waals surface area contributed by atoms with Gasteiger partial charge in [-0.2, -0.15) is 0 Å². The Labute approximate surface area is 169 Å². The molecular weight excluding hydrogens is 362 g/mol. The van der Waals surface area contributed by atoms with Crippen molar-refractivity contribution in [1.29, 1.82) is 0 Å². The fraction of sp³-hybridized carbons (Fsp3) is 0.292. The highest BCUT2D eigenvalue weighted by Crippen LogP contribution is 2.30. The minimum atomic E-state index is -0.602. The van der Waals surface area contributed by atoms with Crippen molar-refractivity contribution in [2.24, 2.45) is 4.99 Å². The number of nitrogens with zero attached hydrogens (tertiary/aromatic N) is 3. The lowest BCUT2D eigenvalue weighted by atomic mass is 10.1. The fourth-order valence-electron chi connectivity index (χ4n) is 4.63. The number of aromatic nitrogens is 1. The van der Waals surface area contributed by atoms with Crippen molar-refractivity contribution in [2.45, 2.75) is 37.9 Å². The molecule has 2 aliphatic rings. The van der Waals surface area contributed by atoms with Gasteiger partial charge in [-0.1, -0.05) is 54.6 Å². The fourth-order valence-corrected chi connectivity index (χ4v) is 4.63. The van der Waals surface area contributed by atoms with Crippen molar-refractivity contribution >= 4 is 27.5 Å². The quantitative estimate of drug-likeness (QED) is 0.707. The molecule has 4 atom stereocenters. The first kappa shape index (κ1) is 18.3. The van der Waals surface area contributed by atoms with Crippen LogP contribution in [0.4, 0.5) is 0 Å². The summed E-state index contributed by atoms with van der Waals surface area (Å²) in [5.74, 6) is 0. The lowest BCUT2D eigenvalue weighted by Gasteiger charge is -2.31. The largest absolute Gasteiger partial charge is 0.390 e. The standard InChI is InChI=1S/C24H25N3O2/c1-16(28)24-25-20-10-4-7-13-23(20)27(24)15-17(29)14-26-21-11-5-2-8-18(21)19-9-3-6-12-22(19)26/h2-13,16-17,23-24,28-29H,14-15H2,1H3. The average Bonchev–Trinajstić information content (AvgIpc) is 3.25. The number of aliphatic imine (C=N–C) groups is 1. The summed E-state index contributed by atoms with van der Waals surface area (Å²) < 4.78 is 2.20. The molecule has 4 unspecified atom stereocenters. The summed E-state index contributed by atoms with van der Waals surface area (Å²) in [5, 5.41) is 23.7. The maximum Gasteiger partial charge on any atom is 0.129 e. The van der Waals surface area contributed by atoms with E-state index in [1.807, 2.05) is 30.4 Å². The molecule has 0 saturated carbocycles. The molecule has 1 aliphatic heterocycles. The molecule has 1 aliphatic carbocycles. The molecule has 0 saturated heterocycles. The van der Waals surface area contributed by atoms with Gasteiger partial charge >= 0.3 is 0 Å². The number of aliphatic hydroxyl groups is 2. The van der Waals surface area contributed by atoms with E-state index in [0.717, 1.165) is 16.7 Å². The molecule has 1 aromatic heterocycles. The van der Waals surface area contributed by atoms with Crippen LogP contribution in [0.25, 0.3) is 21.8 Å². The normalized spacial score (nSPS) is 23.5. The second-order valence-electron chi connectivity index (χ2n) is 7.89. The van der Waals surface area contributed by atoms with Gasteiger partial charge in [0.05, 0.1) is 30.5 Å². The van der Waals surface area contributed by atoms with Gasteiger partial charge in [0, 0.05) is 28.4 Å². The Kier molecular flexibility index (Phi) is 4.59. The van der Waals surface area contributed by atoms with Crippen LogP contribution in [0, 0.1) is 0 Å². The van der Waals surface area contributed by atoms with Crippen LogP contribution in [0.3, 0.4) is 0 Å². The topological polar surface area (TPSA) is 61.0 Å². The number of hydrogen-bond donors (Lipinski definition) is 2. The van der Waals surface area contributed by atoms with Gasteiger partial charge < -0.3 is 14.8 Å². The SMILES string of the molecule is CC(O)C1N=C2C=CC=CC2N1CC(O)Cn1c2ccccc2c2ccccc21. The Bertz CT molecular complexity index is 1090. The molecule has 3 aromatic rings. The zero-order valence-corrected chi connectivity index (χ0v) is 16.4. The number of allylic oxidation sites excluding steroid dienone is 2. The van der Waals surface area contributed by atoms with Crippen molar-refractivity contribution in [3.63, 3.8) is 0 Å². The van der Waals surface area contributed by atoms with Gasteiger partial charge in [0.25, 0.3) is 0 Å². The summed E-state index contributed by atoms with van der Waals surface area (Å²) in [7, 11) is 0. The minimum Gasteiger partial charge on any atom is -0.390 e. The van der Waals surface area contributed by atoms with Crippen molar-refractivity contribution < 1.29 is 10.2 Å². The summed E-state index contributed by atoms with van der Waals surface area (Å²) in [4.78, 5) is 6.77. The molecule has 0 amide bonds. The first-order chi connectivity index (χ1) is 14.1. The van der Waals surface area contributed by atoms with Gasteiger partial charge in [0.2, 0.25) is 0 Å². The van der Waals surface area contributed by atoms with E-state index in [1.54, 1.807) is 6.92 Å². The molecule has 5 heteroatoms. The van der Waals surface area contributed by atoms with Crippen LogP contribution in [-0.4, -0.2) is 56.4 Å². The number of aliphatic hydroxyl groups excluding tert-OH is 2. The maximum atomic E-state index is 11.1. The van der Waals surface area contributed by atoms with Gasteiger partial charge in [-0.05, 0) is 25.1 Å². The van der Waals surface area contributed by atoms with E-state index in [-0.39, 0.29) is 12.2 Å². The zero-order valence-electron chi connectivity index (χ0n) is 16.4. The molecule has 29 heavy (non-hydrogen) atoms. The molecule has 5 nitrogen and oxygen atoms in total. The first-order valence-corrected chi connectivity index (χ1v) is 10.1. The summed E-state index contributed by atoms with van der Waals surface area (Å²) in [6.45, 7) is 2.68. The Balaban J connectivity index is 1.44. The van der Waals surface area contributed by atoms with Gasteiger partial charge in [-0.25, -0.2) is 0 Å². The Morgan fingerprint density at radius 3 is 2.24 bits per heavy atom. The van der Waals surface area contributed by atoms with Gasteiger partial charge in [0.1, 0.15) is 6.17 Å². The Morgan fingerprint density at radius 1 is 0.931 bits per heavy atom. The zero-order chi connectivity index (χ0) is 20.0. The Hall–Kier alpha value is -2.73. The van der Waals surface area contributed by atoms with E-state index in [0.29, 0.717) is 13.1 Å². The van der Waals surface area contributed by atoms with Gasteiger partial charge in [0.15, 0.2) is 0 Å². The van der Waals surface area contributed by atoms with E-state index < -0.39 is 12.2 Å². The van der Waals surface area contributed by atoms with Crippen molar-refractivity contribution in [2.75, 3.05) is 6.54 Å². The average molecular weight is 387 g/mol. The molecule has 148 valence electrons. The van der Waals surface area contributed by atoms with Crippen LogP contribution in [0.15, 0.2) is 77.8 Å². The minimum absolute atomic E-state index is 0.00685.